The van der Waals surface area contributed by atoms with E-state index >= 15 is 0 Å². The first kappa shape index (κ1) is 18.0. The zero-order chi connectivity index (χ0) is 15.3. The quantitative estimate of drug-likeness (QED) is 0.355. The number of hydrogen-bond acceptors (Lipinski definition) is 1. The molecule has 0 spiro atoms. The van der Waals surface area contributed by atoms with Crippen LogP contribution in [0.2, 0.25) is 5.02 Å². The van der Waals surface area contributed by atoms with Crippen molar-refractivity contribution in [2.75, 3.05) is 11.5 Å². The largest absolute Gasteiger partial charge is 0.237 e. The van der Waals surface area contributed by atoms with Crippen LogP contribution in [0.3, 0.4) is 0 Å². The fourth-order valence-corrected chi connectivity index (χ4v) is 4.53. The molecule has 110 valence electrons. The van der Waals surface area contributed by atoms with Crippen molar-refractivity contribution >= 4 is 68.4 Å². The SMILES string of the molecule is C=C(Cl)C[SH](CC(=C)Cl)C(S)=Nc1cc(Cl)ccc1C. The normalized spacial score (nSPS) is 12.2. The van der Waals surface area contributed by atoms with Crippen molar-refractivity contribution in [3.63, 3.8) is 0 Å². The van der Waals surface area contributed by atoms with Gasteiger partial charge in [-0.05, 0) is 24.6 Å². The van der Waals surface area contributed by atoms with Crippen molar-refractivity contribution in [3.8, 4) is 0 Å². The van der Waals surface area contributed by atoms with Gasteiger partial charge < -0.3 is 0 Å². The number of thiol groups is 2. The molecule has 0 heterocycles. The van der Waals surface area contributed by atoms with Crippen molar-refractivity contribution in [1.82, 2.24) is 0 Å². The number of halogens is 3. The van der Waals surface area contributed by atoms with Gasteiger partial charge in [0.15, 0.2) is 0 Å². The van der Waals surface area contributed by atoms with Crippen molar-refractivity contribution < 1.29 is 0 Å². The molecule has 1 nitrogen and oxygen atoms in total. The number of hydrogen-bond donors (Lipinski definition) is 2. The van der Waals surface area contributed by atoms with Crippen molar-refractivity contribution in [2.45, 2.75) is 6.92 Å². The van der Waals surface area contributed by atoms with Gasteiger partial charge in [0, 0.05) is 26.6 Å². The first-order valence-corrected chi connectivity index (χ1v) is 9.04. The van der Waals surface area contributed by atoms with E-state index < -0.39 is 10.9 Å². The van der Waals surface area contributed by atoms with Gasteiger partial charge in [-0.2, -0.15) is 10.9 Å². The molecule has 0 saturated carbocycles. The Morgan fingerprint density at radius 2 is 1.80 bits per heavy atom. The molecule has 0 N–H and O–H groups in total. The zero-order valence-electron chi connectivity index (χ0n) is 11.0. The monoisotopic (exact) mass is 367 g/mol. The lowest BCUT2D eigenvalue weighted by molar-refractivity contribution is 1.41. The summed E-state index contributed by atoms with van der Waals surface area (Å²) < 4.78 is 0.703. The van der Waals surface area contributed by atoms with E-state index in [0.717, 1.165) is 11.3 Å². The van der Waals surface area contributed by atoms with Crippen LogP contribution in [0.15, 0.2) is 46.4 Å². The highest BCUT2D eigenvalue weighted by molar-refractivity contribution is 8.43. The molecule has 1 aromatic rings. The smallest absolute Gasteiger partial charge is 0.108 e. The Balaban J connectivity index is 3.05. The minimum Gasteiger partial charge on any atom is -0.237 e. The molecule has 0 fully saturated rings. The highest BCUT2D eigenvalue weighted by Crippen LogP contribution is 2.37. The maximum absolute atomic E-state index is 5.99. The predicted molar refractivity (Wildman–Crippen MR) is 101 cm³/mol. The topological polar surface area (TPSA) is 12.4 Å². The van der Waals surface area contributed by atoms with Gasteiger partial charge in [0.2, 0.25) is 0 Å². The van der Waals surface area contributed by atoms with E-state index in [1.165, 1.54) is 0 Å². The van der Waals surface area contributed by atoms with Gasteiger partial charge in [0.25, 0.3) is 0 Å². The molecular weight excluding hydrogens is 353 g/mol. The van der Waals surface area contributed by atoms with Crippen molar-refractivity contribution in [1.29, 1.82) is 0 Å². The van der Waals surface area contributed by atoms with Crippen LogP contribution in [0.1, 0.15) is 5.56 Å². The van der Waals surface area contributed by atoms with Gasteiger partial charge in [0.05, 0.1) is 5.69 Å². The van der Waals surface area contributed by atoms with Crippen LogP contribution >= 0.6 is 58.3 Å². The maximum Gasteiger partial charge on any atom is 0.108 e. The molecule has 20 heavy (non-hydrogen) atoms. The number of aliphatic imine (C=N–C) groups is 1. The molecule has 0 radical (unpaired) electrons. The summed E-state index contributed by atoms with van der Waals surface area (Å²) in [5, 5.41) is 1.78. The van der Waals surface area contributed by atoms with E-state index in [2.05, 4.69) is 30.8 Å². The van der Waals surface area contributed by atoms with Crippen molar-refractivity contribution in [3.05, 3.63) is 52.0 Å². The third kappa shape index (κ3) is 6.15. The van der Waals surface area contributed by atoms with E-state index in [9.17, 15) is 0 Å². The molecular formula is C14H16Cl3NS2. The lowest BCUT2D eigenvalue weighted by Gasteiger charge is -2.20. The van der Waals surface area contributed by atoms with E-state index in [1.54, 1.807) is 0 Å². The zero-order valence-corrected chi connectivity index (χ0v) is 15.1. The summed E-state index contributed by atoms with van der Waals surface area (Å²) in [7, 11) is -0.738. The van der Waals surface area contributed by atoms with Crippen LogP contribution < -0.4 is 0 Å². The first-order chi connectivity index (χ1) is 9.29. The number of rotatable bonds is 5. The van der Waals surface area contributed by atoms with E-state index in [-0.39, 0.29) is 0 Å². The van der Waals surface area contributed by atoms with Gasteiger partial charge in [0.1, 0.15) is 4.38 Å². The lowest BCUT2D eigenvalue weighted by atomic mass is 10.2. The lowest BCUT2D eigenvalue weighted by Crippen LogP contribution is -2.01. The number of nitrogens with zero attached hydrogens (tertiary/aromatic N) is 1. The van der Waals surface area contributed by atoms with Gasteiger partial charge in [-0.3, -0.25) is 0 Å². The van der Waals surface area contributed by atoms with E-state index in [0.29, 0.717) is 31.0 Å². The molecule has 0 aliphatic heterocycles. The Labute approximate surface area is 143 Å². The van der Waals surface area contributed by atoms with Gasteiger partial charge in [-0.25, -0.2) is 4.99 Å². The summed E-state index contributed by atoms with van der Waals surface area (Å²) in [6.07, 6.45) is 0. The number of aryl methyl sites for hydroxylation is 1. The second-order valence-corrected chi connectivity index (χ2v) is 8.65. The highest BCUT2D eigenvalue weighted by atomic mass is 35.5. The Bertz CT molecular complexity index is 539. The maximum atomic E-state index is 5.99. The molecule has 0 aliphatic rings. The third-order valence-electron chi connectivity index (χ3n) is 2.40. The predicted octanol–water partition coefficient (Wildman–Crippen LogP) is 6.07. The fourth-order valence-electron chi connectivity index (χ4n) is 1.49. The second-order valence-electron chi connectivity index (χ2n) is 4.23. The van der Waals surface area contributed by atoms with Crippen molar-refractivity contribution in [2.24, 2.45) is 4.99 Å². The number of benzene rings is 1. The molecule has 0 atom stereocenters. The van der Waals surface area contributed by atoms with Crippen LogP contribution in [0.25, 0.3) is 0 Å². The Kier molecular flexibility index (Phi) is 7.56. The molecule has 6 heteroatoms. The Hall–Kier alpha value is -0.0600. The average Bonchev–Trinajstić information content (AvgIpc) is 2.31. The first-order valence-electron chi connectivity index (χ1n) is 5.75. The van der Waals surface area contributed by atoms with Crippen LogP contribution in [-0.2, 0) is 0 Å². The van der Waals surface area contributed by atoms with E-state index in [1.807, 2.05) is 25.1 Å². The standard InChI is InChI=1S/C14H16Cl3NS2/c1-9-4-5-12(17)6-13(9)18-14(19)20(7-10(2)15)8-11(3)16/h4-6,20H,2-3,7-8H2,1H3,(H,18,19). The van der Waals surface area contributed by atoms with Crippen LogP contribution in [0.4, 0.5) is 5.69 Å². The summed E-state index contributed by atoms with van der Waals surface area (Å²) in [6, 6.07) is 5.56. The molecule has 0 amide bonds. The molecule has 0 aromatic heterocycles. The molecule has 0 aliphatic carbocycles. The van der Waals surface area contributed by atoms with Gasteiger partial charge in [-0.1, -0.05) is 54.0 Å². The molecule has 1 rings (SSSR count). The summed E-state index contributed by atoms with van der Waals surface area (Å²) in [6.45, 7) is 9.42. The minimum atomic E-state index is -0.738. The summed E-state index contributed by atoms with van der Waals surface area (Å²) in [5.74, 6) is 1.23. The summed E-state index contributed by atoms with van der Waals surface area (Å²) >= 11 is 22.3. The average molecular weight is 369 g/mol. The second kappa shape index (κ2) is 8.40. The fraction of sp³-hybridized carbons (Fsp3) is 0.214. The summed E-state index contributed by atoms with van der Waals surface area (Å²) in [4.78, 5) is 4.55. The minimum absolute atomic E-state index is 0.568. The van der Waals surface area contributed by atoms with E-state index in [4.69, 9.17) is 34.8 Å². The highest BCUT2D eigenvalue weighted by Gasteiger charge is 2.12. The molecule has 1 aromatic carbocycles. The van der Waals surface area contributed by atoms with Gasteiger partial charge >= 0.3 is 0 Å². The van der Waals surface area contributed by atoms with Crippen LogP contribution in [0, 0.1) is 6.92 Å². The Morgan fingerprint density at radius 3 is 2.30 bits per heavy atom. The Morgan fingerprint density at radius 1 is 1.25 bits per heavy atom. The van der Waals surface area contributed by atoms with Crippen LogP contribution in [-0.4, -0.2) is 15.9 Å². The molecule has 0 saturated heterocycles. The van der Waals surface area contributed by atoms with Crippen LogP contribution in [0.5, 0.6) is 0 Å². The summed E-state index contributed by atoms with van der Waals surface area (Å²) in [5.41, 5.74) is 1.83. The molecule has 0 unspecified atom stereocenters. The third-order valence-corrected chi connectivity index (χ3v) is 6.42. The molecule has 0 bridgehead atoms. The van der Waals surface area contributed by atoms with Gasteiger partial charge in [-0.15, -0.1) is 12.6 Å².